The van der Waals surface area contributed by atoms with Crippen molar-refractivity contribution < 1.29 is 4.43 Å². The van der Waals surface area contributed by atoms with E-state index < -0.39 is 14.0 Å². The number of hydrogen-bond acceptors (Lipinski definition) is 1. The number of fused-ring (bicyclic) bond motifs is 2. The van der Waals surface area contributed by atoms with Gasteiger partial charge in [-0.05, 0) is 42.9 Å². The Balaban J connectivity index is 0.000000791. The van der Waals surface area contributed by atoms with E-state index in [0.717, 1.165) is 22.3 Å². The molecule has 2 aromatic rings. The molecule has 0 aromatic heterocycles. The van der Waals surface area contributed by atoms with Gasteiger partial charge in [-0.15, -0.1) is 0 Å². The Morgan fingerprint density at radius 3 is 1.50 bits per heavy atom. The van der Waals surface area contributed by atoms with Crippen LogP contribution in [0.1, 0.15) is 49.9 Å². The highest BCUT2D eigenvalue weighted by Crippen LogP contribution is 2.43. The van der Waals surface area contributed by atoms with E-state index in [0.29, 0.717) is 0 Å². The summed E-state index contributed by atoms with van der Waals surface area (Å²) in [5.74, 6) is 0. The highest BCUT2D eigenvalue weighted by Gasteiger charge is 2.49. The molecule has 2 nitrogen and oxygen atoms in total. The van der Waals surface area contributed by atoms with Gasteiger partial charge in [-0.3, -0.25) is 4.85 Å². The van der Waals surface area contributed by atoms with Crippen LogP contribution in [0.5, 0.6) is 0 Å². The fourth-order valence-corrected chi connectivity index (χ4v) is 4.07. The van der Waals surface area contributed by atoms with Gasteiger partial charge in [-0.2, -0.15) is 0 Å². The van der Waals surface area contributed by atoms with Crippen LogP contribution in [-0.4, -0.2) is 8.32 Å². The molecule has 0 aliphatic heterocycles. The molecule has 0 saturated heterocycles. The van der Waals surface area contributed by atoms with Crippen molar-refractivity contribution in [3.05, 3.63) is 82.2 Å². The summed E-state index contributed by atoms with van der Waals surface area (Å²) in [7, 11) is -1.94. The largest absolute Gasteiger partial charge is 0.383 e. The van der Waals surface area contributed by atoms with Gasteiger partial charge in [0.25, 0.3) is 0 Å². The number of rotatable bonds is 2. The van der Waals surface area contributed by atoms with Crippen LogP contribution in [0.15, 0.2) is 48.5 Å². The maximum absolute atomic E-state index is 7.98. The fraction of sp³-hybridized carbons (Fsp3) is 0.348. The predicted octanol–water partition coefficient (Wildman–Crippen LogP) is 7.19. The molecule has 1 aliphatic carbocycles. The Labute approximate surface area is 160 Å². The SMILES string of the molecule is CC.CC.[C-]#[N+]C1(O[Si](C)(C)C)c2ccccc2C=Cc2ccccc21. The monoisotopic (exact) mass is 365 g/mol. The predicted molar refractivity (Wildman–Crippen MR) is 116 cm³/mol. The van der Waals surface area contributed by atoms with Crippen molar-refractivity contribution in [1.29, 1.82) is 0 Å². The van der Waals surface area contributed by atoms with Gasteiger partial charge in [-0.1, -0.05) is 76.2 Å². The molecule has 3 heteroatoms. The number of hydrogen-bond donors (Lipinski definition) is 0. The molecule has 138 valence electrons. The Hall–Kier alpha value is -2.15. The zero-order chi connectivity index (χ0) is 19.8. The smallest absolute Gasteiger partial charge is 0.343 e. The maximum atomic E-state index is 7.98. The van der Waals surface area contributed by atoms with E-state index in [4.69, 9.17) is 11.0 Å². The van der Waals surface area contributed by atoms with Crippen molar-refractivity contribution in [2.24, 2.45) is 0 Å². The van der Waals surface area contributed by atoms with Gasteiger partial charge in [0.1, 0.15) is 0 Å². The quantitative estimate of drug-likeness (QED) is 0.405. The second-order valence-corrected chi connectivity index (χ2v) is 10.9. The first-order valence-electron chi connectivity index (χ1n) is 9.42. The van der Waals surface area contributed by atoms with Crippen molar-refractivity contribution in [2.75, 3.05) is 0 Å². The van der Waals surface area contributed by atoms with E-state index in [1.807, 2.05) is 76.2 Å². The maximum Gasteiger partial charge on any atom is 0.383 e. The zero-order valence-electron chi connectivity index (χ0n) is 17.1. The van der Waals surface area contributed by atoms with E-state index in [-0.39, 0.29) is 0 Å². The van der Waals surface area contributed by atoms with Gasteiger partial charge in [0, 0.05) is 0 Å². The van der Waals surface area contributed by atoms with Crippen molar-refractivity contribution in [3.63, 3.8) is 0 Å². The van der Waals surface area contributed by atoms with Gasteiger partial charge in [0.2, 0.25) is 0 Å². The Morgan fingerprint density at radius 1 is 0.769 bits per heavy atom. The molecule has 26 heavy (non-hydrogen) atoms. The lowest BCUT2D eigenvalue weighted by Gasteiger charge is -2.30. The molecule has 0 fully saturated rings. The highest BCUT2D eigenvalue weighted by atomic mass is 28.4. The Morgan fingerprint density at radius 2 is 1.15 bits per heavy atom. The van der Waals surface area contributed by atoms with E-state index in [2.05, 4.69) is 36.6 Å². The highest BCUT2D eigenvalue weighted by molar-refractivity contribution is 6.69. The van der Waals surface area contributed by atoms with Crippen molar-refractivity contribution in [1.82, 2.24) is 0 Å². The molecule has 0 N–H and O–H groups in total. The van der Waals surface area contributed by atoms with Gasteiger partial charge in [0.05, 0.1) is 11.1 Å². The summed E-state index contributed by atoms with van der Waals surface area (Å²) in [5.41, 5.74) is 2.92. The number of nitrogens with zero attached hydrogens (tertiary/aromatic N) is 1. The normalized spacial score (nSPS) is 13.5. The van der Waals surface area contributed by atoms with Crippen LogP contribution in [0.25, 0.3) is 17.0 Å². The molecule has 0 atom stereocenters. The van der Waals surface area contributed by atoms with Gasteiger partial charge in [0.15, 0.2) is 8.32 Å². The molecule has 1 aliphatic rings. The van der Waals surface area contributed by atoms with Crippen LogP contribution >= 0.6 is 0 Å². The average molecular weight is 366 g/mol. The summed E-state index contributed by atoms with van der Waals surface area (Å²) < 4.78 is 6.49. The number of benzene rings is 2. The molecule has 0 saturated carbocycles. The summed E-state index contributed by atoms with van der Waals surface area (Å²) in [4.78, 5) is 4.03. The van der Waals surface area contributed by atoms with Crippen LogP contribution < -0.4 is 0 Å². The lowest BCUT2D eigenvalue weighted by Crippen LogP contribution is -2.40. The Kier molecular flexibility index (Phi) is 8.01. The van der Waals surface area contributed by atoms with E-state index in [1.165, 1.54) is 0 Å². The molecule has 0 spiro atoms. The van der Waals surface area contributed by atoms with Crippen LogP contribution in [-0.2, 0) is 10.2 Å². The van der Waals surface area contributed by atoms with Gasteiger partial charge < -0.3 is 4.43 Å². The van der Waals surface area contributed by atoms with Crippen LogP contribution in [0.2, 0.25) is 19.6 Å². The Bertz CT molecular complexity index is 732. The van der Waals surface area contributed by atoms with Crippen molar-refractivity contribution in [2.45, 2.75) is 53.1 Å². The molecular formula is C23H31NOSi. The first kappa shape index (κ1) is 21.9. The minimum Gasteiger partial charge on any atom is -0.343 e. The van der Waals surface area contributed by atoms with Gasteiger partial charge >= 0.3 is 5.72 Å². The summed E-state index contributed by atoms with van der Waals surface area (Å²) in [6.45, 7) is 22.4. The van der Waals surface area contributed by atoms with Crippen molar-refractivity contribution in [3.8, 4) is 0 Å². The lowest BCUT2D eigenvalue weighted by molar-refractivity contribution is 0.152. The van der Waals surface area contributed by atoms with E-state index >= 15 is 0 Å². The standard InChI is InChI=1S/C19H19NOSi.2C2H6/c1-20-19(21-22(2,3)4)17-11-7-5-9-15(17)13-14-16-10-6-8-12-18(16)19;2*1-2/h5-14H,2-4H3;2*1-2H3. The van der Waals surface area contributed by atoms with Gasteiger partial charge in [-0.25, -0.2) is 6.57 Å². The molecular weight excluding hydrogens is 334 g/mol. The minimum atomic E-state index is -1.94. The molecule has 2 aromatic carbocycles. The second kappa shape index (κ2) is 9.52. The third-order valence-corrected chi connectivity index (χ3v) is 4.61. The zero-order valence-corrected chi connectivity index (χ0v) is 18.1. The first-order chi connectivity index (χ1) is 12.5. The topological polar surface area (TPSA) is 13.6 Å². The summed E-state index contributed by atoms with van der Waals surface area (Å²) in [5, 5.41) is 0. The molecule has 0 heterocycles. The average Bonchev–Trinajstić information content (AvgIpc) is 2.80. The molecule has 0 bridgehead atoms. The van der Waals surface area contributed by atoms with E-state index in [9.17, 15) is 0 Å². The van der Waals surface area contributed by atoms with Crippen LogP contribution in [0.3, 0.4) is 0 Å². The van der Waals surface area contributed by atoms with E-state index in [1.54, 1.807) is 0 Å². The first-order valence-corrected chi connectivity index (χ1v) is 12.8. The third kappa shape index (κ3) is 4.52. The molecule has 0 unspecified atom stereocenters. The molecule has 0 radical (unpaired) electrons. The second-order valence-electron chi connectivity index (χ2n) is 6.48. The molecule has 3 rings (SSSR count). The summed E-state index contributed by atoms with van der Waals surface area (Å²) in [6.07, 6.45) is 4.16. The minimum absolute atomic E-state index is 0.939. The van der Waals surface area contributed by atoms with Crippen LogP contribution in [0, 0.1) is 6.57 Å². The summed E-state index contributed by atoms with van der Waals surface area (Å²) >= 11 is 0. The van der Waals surface area contributed by atoms with Crippen LogP contribution in [0.4, 0.5) is 0 Å². The molecule has 0 amide bonds. The fourth-order valence-electron chi connectivity index (χ4n) is 2.92. The lowest BCUT2D eigenvalue weighted by atomic mass is 9.91. The summed E-state index contributed by atoms with van der Waals surface area (Å²) in [6, 6.07) is 16.1. The van der Waals surface area contributed by atoms with Crippen molar-refractivity contribution >= 4 is 20.5 Å². The third-order valence-electron chi connectivity index (χ3n) is 3.71.